The van der Waals surface area contributed by atoms with Crippen molar-refractivity contribution in [1.82, 2.24) is 0 Å². The quantitative estimate of drug-likeness (QED) is 0.591. The monoisotopic (exact) mass is 371 g/mol. The summed E-state index contributed by atoms with van der Waals surface area (Å²) in [5.74, 6) is 0.495. The molecule has 0 aliphatic carbocycles. The van der Waals surface area contributed by atoms with Crippen LogP contribution in [0.3, 0.4) is 0 Å². The van der Waals surface area contributed by atoms with Gasteiger partial charge in [0.05, 0.1) is 6.04 Å². The molecular formula is C16H16BrCl2N. The van der Waals surface area contributed by atoms with E-state index in [9.17, 15) is 0 Å². The van der Waals surface area contributed by atoms with Crippen molar-refractivity contribution in [2.45, 2.75) is 18.8 Å². The van der Waals surface area contributed by atoms with Crippen LogP contribution >= 0.6 is 39.1 Å². The van der Waals surface area contributed by atoms with Crippen molar-refractivity contribution in [3.63, 3.8) is 0 Å². The summed E-state index contributed by atoms with van der Waals surface area (Å²) >= 11 is 15.6. The summed E-state index contributed by atoms with van der Waals surface area (Å²) in [4.78, 5) is 2.22. The van der Waals surface area contributed by atoms with Crippen LogP contribution in [-0.4, -0.2) is 7.05 Å². The van der Waals surface area contributed by atoms with E-state index in [1.807, 2.05) is 30.3 Å². The molecule has 0 saturated heterocycles. The van der Waals surface area contributed by atoms with Gasteiger partial charge in [0, 0.05) is 28.1 Å². The third-order valence-electron chi connectivity index (χ3n) is 3.48. The zero-order chi connectivity index (χ0) is 14.7. The highest BCUT2D eigenvalue weighted by molar-refractivity contribution is 9.10. The summed E-state index contributed by atoms with van der Waals surface area (Å²) in [6, 6.07) is 14.3. The molecule has 0 aliphatic rings. The van der Waals surface area contributed by atoms with E-state index < -0.39 is 0 Å². The van der Waals surface area contributed by atoms with Crippen LogP contribution in [0.1, 0.15) is 24.1 Å². The van der Waals surface area contributed by atoms with E-state index in [-0.39, 0.29) is 6.04 Å². The number of anilines is 1. The van der Waals surface area contributed by atoms with Crippen molar-refractivity contribution in [2.75, 3.05) is 11.9 Å². The van der Waals surface area contributed by atoms with Crippen molar-refractivity contribution in [3.05, 3.63) is 63.1 Å². The lowest BCUT2D eigenvalue weighted by Gasteiger charge is -2.29. The minimum absolute atomic E-state index is 0.213. The molecule has 106 valence electrons. The first-order valence-electron chi connectivity index (χ1n) is 6.35. The molecule has 1 nitrogen and oxygen atoms in total. The Morgan fingerprint density at radius 1 is 1.20 bits per heavy atom. The molecule has 0 saturated carbocycles. The van der Waals surface area contributed by atoms with Crippen LogP contribution in [0.5, 0.6) is 0 Å². The number of nitrogens with zero attached hydrogens (tertiary/aromatic N) is 1. The largest absolute Gasteiger partial charge is 0.368 e. The molecule has 0 radical (unpaired) electrons. The van der Waals surface area contributed by atoms with Gasteiger partial charge in [0.25, 0.3) is 0 Å². The Morgan fingerprint density at radius 3 is 2.60 bits per heavy atom. The van der Waals surface area contributed by atoms with E-state index in [4.69, 9.17) is 23.2 Å². The molecule has 0 aromatic heterocycles. The van der Waals surface area contributed by atoms with Gasteiger partial charge in [-0.1, -0.05) is 45.7 Å². The van der Waals surface area contributed by atoms with Crippen molar-refractivity contribution < 1.29 is 0 Å². The highest BCUT2D eigenvalue weighted by atomic mass is 79.9. The minimum atomic E-state index is 0.213. The molecule has 0 amide bonds. The molecule has 2 rings (SSSR count). The summed E-state index contributed by atoms with van der Waals surface area (Å²) in [5, 5.41) is 0.759. The SMILES string of the molecule is CC(c1cccc(Cl)c1)N(C)c1cc(Br)ccc1CCl. The molecule has 0 spiro atoms. The molecule has 1 atom stereocenters. The van der Waals surface area contributed by atoms with E-state index in [0.717, 1.165) is 20.7 Å². The number of hydrogen-bond acceptors (Lipinski definition) is 1. The normalized spacial score (nSPS) is 12.2. The fourth-order valence-corrected chi connectivity index (χ4v) is 2.95. The standard InChI is InChI=1S/C16H16BrCl2N/c1-11(12-4-3-5-15(19)8-12)20(2)16-9-14(17)7-6-13(16)10-18/h3-9,11H,10H2,1-2H3. The van der Waals surface area contributed by atoms with Gasteiger partial charge >= 0.3 is 0 Å². The Bertz CT molecular complexity index is 601. The zero-order valence-corrected chi connectivity index (χ0v) is 14.5. The van der Waals surface area contributed by atoms with Crippen LogP contribution in [0.25, 0.3) is 0 Å². The van der Waals surface area contributed by atoms with Crippen LogP contribution in [-0.2, 0) is 5.88 Å². The van der Waals surface area contributed by atoms with Crippen molar-refractivity contribution in [1.29, 1.82) is 0 Å². The first-order valence-corrected chi connectivity index (χ1v) is 8.06. The van der Waals surface area contributed by atoms with Crippen molar-refractivity contribution in [3.8, 4) is 0 Å². The smallest absolute Gasteiger partial charge is 0.0511 e. The molecule has 2 aromatic rings. The Labute approximate surface area is 138 Å². The highest BCUT2D eigenvalue weighted by Gasteiger charge is 2.15. The van der Waals surface area contributed by atoms with E-state index >= 15 is 0 Å². The molecule has 4 heteroatoms. The molecule has 0 heterocycles. The Morgan fingerprint density at radius 2 is 1.95 bits per heavy atom. The van der Waals surface area contributed by atoms with E-state index in [0.29, 0.717) is 5.88 Å². The lowest BCUT2D eigenvalue weighted by atomic mass is 10.1. The van der Waals surface area contributed by atoms with Crippen molar-refractivity contribution >= 4 is 44.8 Å². The maximum absolute atomic E-state index is 6.08. The van der Waals surface area contributed by atoms with E-state index in [2.05, 4.69) is 46.9 Å². The summed E-state index contributed by atoms with van der Waals surface area (Å²) in [5.41, 5.74) is 3.42. The van der Waals surface area contributed by atoms with Crippen LogP contribution in [0.15, 0.2) is 46.9 Å². The van der Waals surface area contributed by atoms with Gasteiger partial charge in [0.15, 0.2) is 0 Å². The average molecular weight is 373 g/mol. The lowest BCUT2D eigenvalue weighted by molar-refractivity contribution is 0.737. The first-order chi connectivity index (χ1) is 9.52. The fourth-order valence-electron chi connectivity index (χ4n) is 2.18. The molecule has 2 aromatic carbocycles. The van der Waals surface area contributed by atoms with Crippen LogP contribution < -0.4 is 4.90 Å². The Balaban J connectivity index is 2.35. The summed E-state index contributed by atoms with van der Waals surface area (Å²) in [7, 11) is 2.07. The van der Waals surface area contributed by atoms with Gasteiger partial charge < -0.3 is 4.90 Å². The second kappa shape index (κ2) is 6.84. The molecule has 20 heavy (non-hydrogen) atoms. The maximum Gasteiger partial charge on any atom is 0.0511 e. The van der Waals surface area contributed by atoms with Gasteiger partial charge in [0.1, 0.15) is 0 Å². The van der Waals surface area contributed by atoms with Gasteiger partial charge in [-0.05, 0) is 42.3 Å². The van der Waals surface area contributed by atoms with Gasteiger partial charge in [-0.25, -0.2) is 0 Å². The number of hydrogen-bond donors (Lipinski definition) is 0. The van der Waals surface area contributed by atoms with Crippen LogP contribution in [0, 0.1) is 0 Å². The summed E-state index contributed by atoms with van der Waals surface area (Å²) in [6.45, 7) is 2.16. The molecule has 1 unspecified atom stereocenters. The number of benzene rings is 2. The maximum atomic E-state index is 6.08. The predicted octanol–water partition coefficient (Wildman–Crippen LogP) is 6.04. The van der Waals surface area contributed by atoms with Gasteiger partial charge in [0.2, 0.25) is 0 Å². The van der Waals surface area contributed by atoms with Gasteiger partial charge in [-0.15, -0.1) is 11.6 Å². The van der Waals surface area contributed by atoms with Crippen LogP contribution in [0.4, 0.5) is 5.69 Å². The van der Waals surface area contributed by atoms with E-state index in [1.165, 1.54) is 5.56 Å². The van der Waals surface area contributed by atoms with Crippen molar-refractivity contribution in [2.24, 2.45) is 0 Å². The predicted molar refractivity (Wildman–Crippen MR) is 92.0 cm³/mol. The number of alkyl halides is 1. The second-order valence-electron chi connectivity index (χ2n) is 4.75. The fraction of sp³-hybridized carbons (Fsp3) is 0.250. The number of rotatable bonds is 4. The zero-order valence-electron chi connectivity index (χ0n) is 11.4. The highest BCUT2D eigenvalue weighted by Crippen LogP contribution is 2.32. The third-order valence-corrected chi connectivity index (χ3v) is 4.50. The summed E-state index contributed by atoms with van der Waals surface area (Å²) < 4.78 is 1.05. The molecule has 0 N–H and O–H groups in total. The third kappa shape index (κ3) is 3.49. The topological polar surface area (TPSA) is 3.24 Å². The summed E-state index contributed by atoms with van der Waals surface area (Å²) in [6.07, 6.45) is 0. The Kier molecular flexibility index (Phi) is 5.36. The second-order valence-corrected chi connectivity index (χ2v) is 6.37. The number of halogens is 3. The molecule has 0 aliphatic heterocycles. The van der Waals surface area contributed by atoms with Gasteiger partial charge in [-0.3, -0.25) is 0 Å². The van der Waals surface area contributed by atoms with Gasteiger partial charge in [-0.2, -0.15) is 0 Å². The molecular weight excluding hydrogens is 357 g/mol. The minimum Gasteiger partial charge on any atom is -0.368 e. The average Bonchev–Trinajstić information content (AvgIpc) is 2.45. The lowest BCUT2D eigenvalue weighted by Crippen LogP contribution is -2.22. The first kappa shape index (κ1) is 15.7. The molecule has 0 fully saturated rings. The van der Waals surface area contributed by atoms with Crippen LogP contribution in [0.2, 0.25) is 5.02 Å². The Hall–Kier alpha value is -0.700. The molecule has 0 bridgehead atoms. The van der Waals surface area contributed by atoms with E-state index in [1.54, 1.807) is 0 Å².